The molecule has 0 spiro atoms. The van der Waals surface area contributed by atoms with Crippen molar-refractivity contribution in [3.05, 3.63) is 60.4 Å². The normalized spacial score (nSPS) is 12.8. The minimum absolute atomic E-state index is 0.168. The van der Waals surface area contributed by atoms with Gasteiger partial charge in [-0.3, -0.25) is 14.5 Å². The van der Waals surface area contributed by atoms with E-state index in [4.69, 9.17) is 0 Å². The summed E-state index contributed by atoms with van der Waals surface area (Å²) in [7, 11) is 1.86. The third-order valence-electron chi connectivity index (χ3n) is 3.94. The van der Waals surface area contributed by atoms with Crippen molar-refractivity contribution >= 4 is 5.91 Å². The van der Waals surface area contributed by atoms with Crippen LogP contribution in [0.3, 0.4) is 0 Å². The molecule has 0 bridgehead atoms. The first-order chi connectivity index (χ1) is 11.8. The highest BCUT2D eigenvalue weighted by molar-refractivity contribution is 5.93. The minimum atomic E-state index is -0.224. The summed E-state index contributed by atoms with van der Waals surface area (Å²) < 4.78 is 3.43. The number of pyridine rings is 1. The fourth-order valence-electron chi connectivity index (χ4n) is 2.70. The fourth-order valence-corrected chi connectivity index (χ4v) is 2.70. The highest BCUT2D eigenvalue weighted by atomic mass is 16.1. The Balaban J connectivity index is 1.86. The molecule has 0 saturated heterocycles. The number of nitrogens with zero attached hydrogens (tertiary/aromatic N) is 5. The van der Waals surface area contributed by atoms with Gasteiger partial charge in [-0.15, -0.1) is 0 Å². The molecule has 7 heteroatoms. The summed E-state index contributed by atoms with van der Waals surface area (Å²) in [5.41, 5.74) is 1.94. The average Bonchev–Trinajstić information content (AvgIpc) is 3.23. The van der Waals surface area contributed by atoms with Crippen LogP contribution in [0.2, 0.25) is 0 Å². The molecule has 1 amide bonds. The van der Waals surface area contributed by atoms with Crippen molar-refractivity contribution < 1.29 is 4.79 Å². The zero-order valence-corrected chi connectivity index (χ0v) is 14.8. The summed E-state index contributed by atoms with van der Waals surface area (Å²) in [6.45, 7) is 6.25. The number of amides is 1. The second-order valence-corrected chi connectivity index (χ2v) is 7.07. The molecule has 25 heavy (non-hydrogen) atoms. The molecule has 3 heterocycles. The molecule has 0 aliphatic carbocycles. The molecule has 0 aliphatic heterocycles. The van der Waals surface area contributed by atoms with E-state index in [1.807, 2.05) is 31.6 Å². The van der Waals surface area contributed by atoms with E-state index in [2.05, 4.69) is 41.3 Å². The molecule has 3 rings (SSSR count). The third kappa shape index (κ3) is 3.76. The van der Waals surface area contributed by atoms with Gasteiger partial charge in [0.15, 0.2) is 0 Å². The Morgan fingerprint density at radius 3 is 2.64 bits per heavy atom. The lowest BCUT2D eigenvalue weighted by Gasteiger charge is -2.30. The third-order valence-corrected chi connectivity index (χ3v) is 3.94. The smallest absolute Gasteiger partial charge is 0.270 e. The monoisotopic (exact) mass is 338 g/mol. The fraction of sp³-hybridized carbons (Fsp3) is 0.333. The van der Waals surface area contributed by atoms with Crippen molar-refractivity contribution in [2.75, 3.05) is 0 Å². The van der Waals surface area contributed by atoms with Crippen LogP contribution in [-0.4, -0.2) is 30.5 Å². The lowest BCUT2D eigenvalue weighted by molar-refractivity contribution is 0.0896. The van der Waals surface area contributed by atoms with Crippen LogP contribution in [0.4, 0.5) is 0 Å². The highest BCUT2D eigenvalue weighted by Gasteiger charge is 2.29. The van der Waals surface area contributed by atoms with Gasteiger partial charge < -0.3 is 5.32 Å². The number of hydrogen-bond acceptors (Lipinski definition) is 4. The number of aromatic nitrogens is 5. The van der Waals surface area contributed by atoms with E-state index in [0.29, 0.717) is 5.69 Å². The summed E-state index contributed by atoms with van der Waals surface area (Å²) in [6.07, 6.45) is 8.83. The molecular weight excluding hydrogens is 316 g/mol. The van der Waals surface area contributed by atoms with E-state index >= 15 is 0 Å². The molecule has 0 fully saturated rings. The molecule has 0 saturated carbocycles. The maximum Gasteiger partial charge on any atom is 0.270 e. The number of nitrogens with one attached hydrogen (secondary N) is 1. The van der Waals surface area contributed by atoms with Crippen LogP contribution < -0.4 is 5.32 Å². The van der Waals surface area contributed by atoms with E-state index in [1.54, 1.807) is 34.0 Å². The van der Waals surface area contributed by atoms with Crippen LogP contribution in [0.5, 0.6) is 0 Å². The van der Waals surface area contributed by atoms with Gasteiger partial charge in [-0.25, -0.2) is 4.68 Å². The molecule has 0 aliphatic rings. The lowest BCUT2D eigenvalue weighted by atomic mass is 9.83. The Morgan fingerprint density at radius 2 is 2.04 bits per heavy atom. The van der Waals surface area contributed by atoms with Crippen molar-refractivity contribution in [1.82, 2.24) is 29.9 Å². The second kappa shape index (κ2) is 6.51. The number of aryl methyl sites for hydroxylation is 1. The van der Waals surface area contributed by atoms with Crippen molar-refractivity contribution in [1.29, 1.82) is 0 Å². The topological polar surface area (TPSA) is 77.6 Å². The van der Waals surface area contributed by atoms with Gasteiger partial charge in [-0.2, -0.15) is 10.2 Å². The summed E-state index contributed by atoms with van der Waals surface area (Å²) in [5, 5.41) is 11.5. The van der Waals surface area contributed by atoms with Crippen LogP contribution in [0.25, 0.3) is 5.69 Å². The van der Waals surface area contributed by atoms with Gasteiger partial charge in [0.2, 0.25) is 0 Å². The second-order valence-electron chi connectivity index (χ2n) is 7.07. The predicted octanol–water partition coefficient (Wildman–Crippen LogP) is 2.52. The first kappa shape index (κ1) is 16.9. The maximum absolute atomic E-state index is 12.8. The van der Waals surface area contributed by atoms with Gasteiger partial charge in [0.1, 0.15) is 5.69 Å². The van der Waals surface area contributed by atoms with Crippen LogP contribution >= 0.6 is 0 Å². The summed E-state index contributed by atoms with van der Waals surface area (Å²) in [6, 6.07) is 5.19. The van der Waals surface area contributed by atoms with Crippen LogP contribution in [0.15, 0.2) is 49.2 Å². The highest BCUT2D eigenvalue weighted by Crippen LogP contribution is 2.32. The number of carbonyl (C=O) groups is 1. The Kier molecular flexibility index (Phi) is 4.39. The summed E-state index contributed by atoms with van der Waals surface area (Å²) in [4.78, 5) is 17.0. The first-order valence-electron chi connectivity index (χ1n) is 8.10. The van der Waals surface area contributed by atoms with Gasteiger partial charge in [0, 0.05) is 37.4 Å². The van der Waals surface area contributed by atoms with Crippen LogP contribution in [-0.2, 0) is 7.05 Å². The van der Waals surface area contributed by atoms with E-state index in [9.17, 15) is 4.79 Å². The van der Waals surface area contributed by atoms with E-state index < -0.39 is 0 Å². The van der Waals surface area contributed by atoms with Crippen LogP contribution in [0.1, 0.15) is 42.9 Å². The zero-order valence-electron chi connectivity index (χ0n) is 14.8. The minimum Gasteiger partial charge on any atom is -0.343 e. The lowest BCUT2D eigenvalue weighted by Crippen LogP contribution is -2.36. The first-order valence-corrected chi connectivity index (χ1v) is 8.10. The molecule has 1 atom stereocenters. The molecule has 1 N–H and O–H groups in total. The van der Waals surface area contributed by atoms with E-state index in [-0.39, 0.29) is 17.4 Å². The maximum atomic E-state index is 12.8. The molecular formula is C18H22N6O. The van der Waals surface area contributed by atoms with Crippen molar-refractivity contribution in [2.24, 2.45) is 12.5 Å². The van der Waals surface area contributed by atoms with Crippen molar-refractivity contribution in [3.63, 3.8) is 0 Å². The average molecular weight is 338 g/mol. The predicted molar refractivity (Wildman–Crippen MR) is 94.2 cm³/mol. The summed E-state index contributed by atoms with van der Waals surface area (Å²) >= 11 is 0. The van der Waals surface area contributed by atoms with Crippen molar-refractivity contribution in [2.45, 2.75) is 26.8 Å². The van der Waals surface area contributed by atoms with Gasteiger partial charge >= 0.3 is 0 Å². The number of carbonyl (C=O) groups excluding carboxylic acids is 1. The van der Waals surface area contributed by atoms with Gasteiger partial charge in [0.25, 0.3) is 5.91 Å². The van der Waals surface area contributed by atoms with Gasteiger partial charge in [-0.05, 0) is 23.6 Å². The molecule has 130 valence electrons. The SMILES string of the molecule is Cn1cc([C@H](NC(=O)c2cc(-n3cccn3)ccn2)C(C)(C)C)cn1. The van der Waals surface area contributed by atoms with E-state index in [0.717, 1.165) is 11.3 Å². The molecule has 0 unspecified atom stereocenters. The number of rotatable bonds is 4. The van der Waals surface area contributed by atoms with Gasteiger partial charge in [0.05, 0.1) is 17.9 Å². The zero-order chi connectivity index (χ0) is 18.0. The Morgan fingerprint density at radius 1 is 1.24 bits per heavy atom. The Hall–Kier alpha value is -2.96. The molecule has 3 aromatic rings. The molecule has 0 aromatic carbocycles. The van der Waals surface area contributed by atoms with Gasteiger partial charge in [-0.1, -0.05) is 20.8 Å². The molecule has 0 radical (unpaired) electrons. The van der Waals surface area contributed by atoms with Crippen molar-refractivity contribution in [3.8, 4) is 5.69 Å². The van der Waals surface area contributed by atoms with E-state index in [1.165, 1.54) is 0 Å². The quantitative estimate of drug-likeness (QED) is 0.793. The number of hydrogen-bond donors (Lipinski definition) is 1. The standard InChI is InChI=1S/C18H22N6O/c1-18(2,3)16(13-11-21-23(4)12-13)22-17(25)15-10-14(6-8-19-15)24-9-5-7-20-24/h5-12,16H,1-4H3,(H,22,25)/t16-/m0/s1. The summed E-state index contributed by atoms with van der Waals surface area (Å²) in [5.74, 6) is -0.224. The Labute approximate surface area is 146 Å². The largest absolute Gasteiger partial charge is 0.343 e. The molecule has 3 aromatic heterocycles. The molecule has 7 nitrogen and oxygen atoms in total. The Bertz CT molecular complexity index is 860. The van der Waals surface area contributed by atoms with Crippen LogP contribution in [0, 0.1) is 5.41 Å².